The minimum atomic E-state index is -0.874. The van der Waals surface area contributed by atoms with Gasteiger partial charge in [-0.2, -0.15) is 0 Å². The summed E-state index contributed by atoms with van der Waals surface area (Å²) in [6, 6.07) is 14.4. The summed E-state index contributed by atoms with van der Waals surface area (Å²) in [4.78, 5) is 25.3. The molecule has 0 aliphatic carbocycles. The Kier molecular flexibility index (Phi) is 6.71. The van der Waals surface area contributed by atoms with Crippen molar-refractivity contribution in [2.24, 2.45) is 0 Å². The van der Waals surface area contributed by atoms with Crippen molar-refractivity contribution in [1.82, 2.24) is 4.90 Å². The summed E-state index contributed by atoms with van der Waals surface area (Å²) < 4.78 is 0. The van der Waals surface area contributed by atoms with E-state index >= 15 is 0 Å². The third-order valence-electron chi connectivity index (χ3n) is 4.08. The maximum Gasteiger partial charge on any atom is 0.307 e. The van der Waals surface area contributed by atoms with Crippen LogP contribution in [0.3, 0.4) is 0 Å². The molecule has 5 nitrogen and oxygen atoms in total. The predicted molar refractivity (Wildman–Crippen MR) is 98.8 cm³/mol. The number of nitrogens with zero attached hydrogens (tertiary/aromatic N) is 1. The van der Waals surface area contributed by atoms with Crippen LogP contribution in [0.5, 0.6) is 0 Å². The summed E-state index contributed by atoms with van der Waals surface area (Å²) >= 11 is 0. The average Bonchev–Trinajstić information content (AvgIpc) is 2.61. The topological polar surface area (TPSA) is 69.6 Å². The van der Waals surface area contributed by atoms with Gasteiger partial charge < -0.3 is 10.4 Å². The van der Waals surface area contributed by atoms with E-state index in [1.807, 2.05) is 24.3 Å². The van der Waals surface area contributed by atoms with Gasteiger partial charge in [0.1, 0.15) is 0 Å². The first-order chi connectivity index (χ1) is 12.0. The molecule has 0 aliphatic heterocycles. The van der Waals surface area contributed by atoms with Crippen LogP contribution in [0.25, 0.3) is 0 Å². The largest absolute Gasteiger partial charge is 0.481 e. The van der Waals surface area contributed by atoms with Gasteiger partial charge in [0.05, 0.1) is 6.42 Å². The van der Waals surface area contributed by atoms with Crippen LogP contribution in [0.2, 0.25) is 0 Å². The number of carbonyl (C=O) groups is 2. The Morgan fingerprint density at radius 2 is 1.48 bits per heavy atom. The number of benzene rings is 2. The summed E-state index contributed by atoms with van der Waals surface area (Å²) in [5, 5.41) is 11.6. The molecule has 5 heteroatoms. The van der Waals surface area contributed by atoms with E-state index in [2.05, 4.69) is 24.1 Å². The zero-order chi connectivity index (χ0) is 18.2. The third-order valence-corrected chi connectivity index (χ3v) is 4.08. The fourth-order valence-corrected chi connectivity index (χ4v) is 2.55. The molecule has 2 rings (SSSR count). The van der Waals surface area contributed by atoms with Crippen LogP contribution in [-0.4, -0.2) is 35.0 Å². The van der Waals surface area contributed by atoms with Gasteiger partial charge in [0, 0.05) is 17.8 Å². The fourth-order valence-electron chi connectivity index (χ4n) is 2.55. The number of rotatable bonds is 8. The SMILES string of the molecule is CCN(CC)Cc1ccc(C(=O)Nc2ccc(CC(=O)O)cc2)cc1. The number of hydrogen-bond donors (Lipinski definition) is 2. The fraction of sp³-hybridized carbons (Fsp3) is 0.300. The number of amides is 1. The zero-order valence-electron chi connectivity index (χ0n) is 14.7. The standard InChI is InChI=1S/C20H24N2O3/c1-3-22(4-2)14-16-5-9-17(10-6-16)20(25)21-18-11-7-15(8-12-18)13-19(23)24/h5-12H,3-4,13-14H2,1-2H3,(H,21,25)(H,23,24). The van der Waals surface area contributed by atoms with Crippen molar-refractivity contribution < 1.29 is 14.7 Å². The van der Waals surface area contributed by atoms with E-state index in [4.69, 9.17) is 5.11 Å². The van der Waals surface area contributed by atoms with Crippen LogP contribution in [0.1, 0.15) is 35.3 Å². The van der Waals surface area contributed by atoms with E-state index in [1.165, 1.54) is 5.56 Å². The van der Waals surface area contributed by atoms with Crippen LogP contribution in [0, 0.1) is 0 Å². The van der Waals surface area contributed by atoms with Gasteiger partial charge in [-0.1, -0.05) is 38.1 Å². The number of carboxylic acid groups (broad SMARTS) is 1. The van der Waals surface area contributed by atoms with E-state index in [1.54, 1.807) is 24.3 Å². The molecular weight excluding hydrogens is 316 g/mol. The summed E-state index contributed by atoms with van der Waals surface area (Å²) in [5.41, 5.74) is 3.12. The Morgan fingerprint density at radius 1 is 0.920 bits per heavy atom. The molecule has 2 aromatic carbocycles. The molecule has 0 fully saturated rings. The highest BCUT2D eigenvalue weighted by Crippen LogP contribution is 2.13. The number of hydrogen-bond acceptors (Lipinski definition) is 3. The number of anilines is 1. The molecule has 0 atom stereocenters. The van der Waals surface area contributed by atoms with Gasteiger partial charge in [-0.15, -0.1) is 0 Å². The van der Waals surface area contributed by atoms with Crippen LogP contribution in [-0.2, 0) is 17.8 Å². The normalized spacial score (nSPS) is 10.7. The maximum absolute atomic E-state index is 12.3. The van der Waals surface area contributed by atoms with Crippen LogP contribution >= 0.6 is 0 Å². The Balaban J connectivity index is 1.97. The van der Waals surface area contributed by atoms with Crippen molar-refractivity contribution in [2.75, 3.05) is 18.4 Å². The molecule has 2 aromatic rings. The molecule has 0 saturated carbocycles. The van der Waals surface area contributed by atoms with Crippen LogP contribution in [0.15, 0.2) is 48.5 Å². The third kappa shape index (κ3) is 5.72. The molecule has 25 heavy (non-hydrogen) atoms. The lowest BCUT2D eigenvalue weighted by Gasteiger charge is -2.18. The summed E-state index contributed by atoms with van der Waals surface area (Å²) in [6.45, 7) is 7.13. The number of carboxylic acids is 1. The average molecular weight is 340 g/mol. The lowest BCUT2D eigenvalue weighted by molar-refractivity contribution is -0.136. The highest BCUT2D eigenvalue weighted by molar-refractivity contribution is 6.04. The number of carbonyl (C=O) groups excluding carboxylic acids is 1. The quantitative estimate of drug-likeness (QED) is 0.773. The first-order valence-electron chi connectivity index (χ1n) is 8.45. The molecule has 0 spiro atoms. The second kappa shape index (κ2) is 8.99. The van der Waals surface area contributed by atoms with Gasteiger partial charge in [-0.25, -0.2) is 0 Å². The molecular formula is C20H24N2O3. The summed E-state index contributed by atoms with van der Waals surface area (Å²) in [5.74, 6) is -1.05. The Morgan fingerprint density at radius 3 is 2.00 bits per heavy atom. The van der Waals surface area contributed by atoms with E-state index in [0.717, 1.165) is 19.6 Å². The van der Waals surface area contributed by atoms with Crippen molar-refractivity contribution >= 4 is 17.6 Å². The molecule has 0 unspecified atom stereocenters. The molecule has 0 heterocycles. The maximum atomic E-state index is 12.3. The highest BCUT2D eigenvalue weighted by Gasteiger charge is 2.08. The molecule has 2 N–H and O–H groups in total. The smallest absolute Gasteiger partial charge is 0.307 e. The molecule has 0 saturated heterocycles. The Labute approximate surface area is 148 Å². The lowest BCUT2D eigenvalue weighted by Crippen LogP contribution is -2.22. The van der Waals surface area contributed by atoms with Crippen molar-refractivity contribution in [3.05, 3.63) is 65.2 Å². The Bertz CT molecular complexity index is 705. The van der Waals surface area contributed by atoms with Gasteiger partial charge >= 0.3 is 5.97 Å². The minimum absolute atomic E-state index is 0.0256. The molecule has 1 amide bonds. The molecule has 0 radical (unpaired) electrons. The predicted octanol–water partition coefficient (Wildman–Crippen LogP) is 3.41. The number of nitrogens with one attached hydrogen (secondary N) is 1. The number of aliphatic carboxylic acids is 1. The molecule has 132 valence electrons. The molecule has 0 bridgehead atoms. The summed E-state index contributed by atoms with van der Waals surface area (Å²) in [7, 11) is 0. The van der Waals surface area contributed by atoms with Crippen molar-refractivity contribution in [2.45, 2.75) is 26.8 Å². The zero-order valence-corrected chi connectivity index (χ0v) is 14.7. The second-order valence-electron chi connectivity index (χ2n) is 5.88. The van der Waals surface area contributed by atoms with Gasteiger partial charge in [0.2, 0.25) is 0 Å². The van der Waals surface area contributed by atoms with Gasteiger partial charge in [-0.3, -0.25) is 14.5 Å². The monoisotopic (exact) mass is 340 g/mol. The van der Waals surface area contributed by atoms with Crippen molar-refractivity contribution in [3.63, 3.8) is 0 Å². The molecule has 0 aliphatic rings. The minimum Gasteiger partial charge on any atom is -0.481 e. The molecule has 0 aromatic heterocycles. The Hall–Kier alpha value is -2.66. The van der Waals surface area contributed by atoms with E-state index < -0.39 is 5.97 Å². The highest BCUT2D eigenvalue weighted by atomic mass is 16.4. The first-order valence-corrected chi connectivity index (χ1v) is 8.45. The van der Waals surface area contributed by atoms with Gasteiger partial charge in [0.15, 0.2) is 0 Å². The van der Waals surface area contributed by atoms with Crippen LogP contribution in [0.4, 0.5) is 5.69 Å². The van der Waals surface area contributed by atoms with E-state index in [9.17, 15) is 9.59 Å². The van der Waals surface area contributed by atoms with E-state index in [-0.39, 0.29) is 12.3 Å². The van der Waals surface area contributed by atoms with Crippen molar-refractivity contribution in [1.29, 1.82) is 0 Å². The van der Waals surface area contributed by atoms with Crippen molar-refractivity contribution in [3.8, 4) is 0 Å². The van der Waals surface area contributed by atoms with Gasteiger partial charge in [-0.05, 0) is 48.5 Å². The summed E-state index contributed by atoms with van der Waals surface area (Å²) in [6.07, 6.45) is -0.0256. The second-order valence-corrected chi connectivity index (χ2v) is 5.88. The first kappa shape index (κ1) is 18.7. The van der Waals surface area contributed by atoms with E-state index in [0.29, 0.717) is 16.8 Å². The van der Waals surface area contributed by atoms with Crippen LogP contribution < -0.4 is 5.32 Å². The van der Waals surface area contributed by atoms with Gasteiger partial charge in [0.25, 0.3) is 5.91 Å². The lowest BCUT2D eigenvalue weighted by atomic mass is 10.1.